The van der Waals surface area contributed by atoms with E-state index in [9.17, 15) is 63.3 Å². The first-order valence-electron chi connectivity index (χ1n) is 23.7. The van der Waals surface area contributed by atoms with E-state index >= 15 is 0 Å². The molecule has 0 bridgehead atoms. The molecule has 1 aromatic heterocycles. The summed E-state index contributed by atoms with van der Waals surface area (Å²) in [5.74, 6) is -10.9. The number of carbonyl (C=O) groups is 10. The summed E-state index contributed by atoms with van der Waals surface area (Å²) in [5.41, 5.74) is 22.8. The van der Waals surface area contributed by atoms with Crippen molar-refractivity contribution in [2.45, 2.75) is 126 Å². The normalized spacial score (nSPS) is 15.1. The Labute approximate surface area is 443 Å². The molecule has 2 aromatic rings. The van der Waals surface area contributed by atoms with E-state index in [0.717, 1.165) is 0 Å². The number of carboxylic acid groups (broad SMARTS) is 1. The zero-order chi connectivity index (χ0) is 56.4. The second-order valence-electron chi connectivity index (χ2n) is 17.7. The predicted molar refractivity (Wildman–Crippen MR) is 278 cm³/mol. The second kappa shape index (κ2) is 33.0. The van der Waals surface area contributed by atoms with Crippen molar-refractivity contribution < 1.29 is 63.3 Å². The maximum Gasteiger partial charge on any atom is 0.327 e. The van der Waals surface area contributed by atoms with Crippen LogP contribution >= 0.6 is 25.3 Å². The van der Waals surface area contributed by atoms with E-state index in [1.165, 1.54) is 19.4 Å². The van der Waals surface area contributed by atoms with Crippen LogP contribution in [-0.4, -0.2) is 176 Å². The Kier molecular flexibility index (Phi) is 28.2. The van der Waals surface area contributed by atoms with Crippen molar-refractivity contribution in [1.82, 2.24) is 52.5 Å². The number of carbonyl (C=O) groups excluding carboxylic acids is 9. The number of aliphatic imine (C=N–C) groups is 1. The number of benzene rings is 1. The molecule has 0 radical (unpaired) electrons. The van der Waals surface area contributed by atoms with E-state index in [4.69, 9.17) is 22.9 Å². The molecular formula is C45H71N15O13S2. The Morgan fingerprint density at radius 3 is 1.67 bits per heavy atom. The Balaban J connectivity index is 2.48. The van der Waals surface area contributed by atoms with Gasteiger partial charge in [0.15, 0.2) is 5.96 Å². The van der Waals surface area contributed by atoms with Crippen molar-refractivity contribution in [2.24, 2.45) is 33.8 Å². The minimum Gasteiger partial charge on any atom is -0.480 e. The molecule has 0 unspecified atom stereocenters. The fourth-order valence-corrected chi connectivity index (χ4v) is 7.35. The summed E-state index contributed by atoms with van der Waals surface area (Å²) in [5, 5.41) is 49.8. The number of amides is 9. The van der Waals surface area contributed by atoms with Gasteiger partial charge in [0.2, 0.25) is 53.2 Å². The molecule has 2 rings (SSSR count). The fraction of sp³-hybridized carbons (Fsp3) is 0.556. The van der Waals surface area contributed by atoms with Crippen molar-refractivity contribution in [3.8, 4) is 0 Å². The Hall–Kier alpha value is -7.02. The lowest BCUT2D eigenvalue weighted by molar-refractivity contribution is -0.141. The van der Waals surface area contributed by atoms with Gasteiger partial charge in [-0.1, -0.05) is 44.2 Å². The van der Waals surface area contributed by atoms with Gasteiger partial charge >= 0.3 is 5.97 Å². The van der Waals surface area contributed by atoms with Crippen LogP contribution in [0.1, 0.15) is 64.1 Å². The van der Waals surface area contributed by atoms with Gasteiger partial charge in [-0.3, -0.25) is 48.1 Å². The van der Waals surface area contributed by atoms with Gasteiger partial charge in [-0.25, -0.2) is 9.78 Å². The summed E-state index contributed by atoms with van der Waals surface area (Å²) in [6, 6.07) is -5.06. The molecule has 416 valence electrons. The summed E-state index contributed by atoms with van der Waals surface area (Å²) in [6.07, 6.45) is -0.348. The summed E-state index contributed by atoms with van der Waals surface area (Å²) in [7, 11) is 0. The Morgan fingerprint density at radius 2 is 1.16 bits per heavy atom. The lowest BCUT2D eigenvalue weighted by Crippen LogP contribution is -2.62. The van der Waals surface area contributed by atoms with E-state index in [1.54, 1.807) is 44.2 Å². The van der Waals surface area contributed by atoms with Crippen molar-refractivity contribution in [3.05, 3.63) is 54.1 Å². The molecule has 0 aliphatic heterocycles. The molecule has 9 amide bonds. The summed E-state index contributed by atoms with van der Waals surface area (Å²) < 4.78 is 0. The number of aliphatic carboxylic acids is 1. The molecule has 1 heterocycles. The lowest BCUT2D eigenvalue weighted by atomic mass is 9.99. The number of imidazole rings is 1. The smallest absolute Gasteiger partial charge is 0.327 e. The number of nitrogens with zero attached hydrogens (tertiary/aromatic N) is 2. The van der Waals surface area contributed by atoms with E-state index in [0.29, 0.717) is 11.3 Å². The number of thiol groups is 2. The number of nitrogens with two attached hydrogens (primary N) is 4. The van der Waals surface area contributed by atoms with Crippen LogP contribution in [0.4, 0.5) is 0 Å². The Bertz CT molecular complexity index is 2260. The number of aliphatic hydroxyl groups excluding tert-OH is 2. The third-order valence-electron chi connectivity index (χ3n) is 11.0. The lowest BCUT2D eigenvalue weighted by Gasteiger charge is -2.29. The number of H-pyrrole nitrogens is 1. The quantitative estimate of drug-likeness (QED) is 0.0134. The third kappa shape index (κ3) is 23.4. The number of hydrogen-bond donors (Lipinski definition) is 18. The second-order valence-corrected chi connectivity index (χ2v) is 18.4. The van der Waals surface area contributed by atoms with Gasteiger partial charge in [0.05, 0.1) is 25.1 Å². The Morgan fingerprint density at radius 1 is 0.653 bits per heavy atom. The highest BCUT2D eigenvalue weighted by atomic mass is 32.1. The van der Waals surface area contributed by atoms with Crippen LogP contribution in [0.5, 0.6) is 0 Å². The van der Waals surface area contributed by atoms with Crippen LogP contribution in [0.3, 0.4) is 0 Å². The molecular weight excluding hydrogens is 1020 g/mol. The molecule has 0 saturated carbocycles. The predicted octanol–water partition coefficient (Wildman–Crippen LogP) is -5.92. The minimum absolute atomic E-state index is 0.0164. The molecule has 0 fully saturated rings. The number of carboxylic acids is 1. The molecule has 75 heavy (non-hydrogen) atoms. The molecule has 0 aliphatic rings. The van der Waals surface area contributed by atoms with Crippen LogP contribution in [-0.2, 0) is 60.8 Å². The van der Waals surface area contributed by atoms with E-state index in [2.05, 4.69) is 82.8 Å². The number of aliphatic hydroxyl groups is 2. The number of guanidine groups is 1. The average molecular weight is 1090 g/mol. The topological polar surface area (TPSA) is 473 Å². The van der Waals surface area contributed by atoms with Gasteiger partial charge in [0.1, 0.15) is 48.3 Å². The molecule has 20 N–H and O–H groups in total. The zero-order valence-corrected chi connectivity index (χ0v) is 43.5. The molecule has 0 saturated heterocycles. The zero-order valence-electron chi connectivity index (χ0n) is 41.7. The number of aromatic amines is 1. The van der Waals surface area contributed by atoms with Crippen molar-refractivity contribution in [2.75, 3.05) is 24.7 Å². The van der Waals surface area contributed by atoms with Crippen LogP contribution in [0.2, 0.25) is 0 Å². The van der Waals surface area contributed by atoms with E-state index < -0.39 is 139 Å². The van der Waals surface area contributed by atoms with Gasteiger partial charge in [0, 0.05) is 49.2 Å². The first-order valence-corrected chi connectivity index (χ1v) is 24.9. The van der Waals surface area contributed by atoms with Gasteiger partial charge in [0.25, 0.3) is 0 Å². The molecule has 10 atom stereocenters. The SMILES string of the molecule is CC(C)C[C@H](NC(=O)[C@@H](NC(=O)[C@H](Cc1cnc[nH]1)NC(=O)[C@H](CO)NC(=O)[C@@H](N)CS)[C@@H](C)O)C(=O)N[C@@H](Cc1ccccc1)C(=O)N[C@@H](CCC(N)=O)C(=O)N[C@@H](CCCN=C(N)N)C(=O)N[C@@H](CS)C(=O)O. The minimum atomic E-state index is -1.78. The van der Waals surface area contributed by atoms with Gasteiger partial charge < -0.3 is 85.8 Å². The van der Waals surface area contributed by atoms with Crippen LogP contribution < -0.4 is 65.5 Å². The van der Waals surface area contributed by atoms with Crippen molar-refractivity contribution in [3.63, 3.8) is 0 Å². The first kappa shape index (κ1) is 64.1. The summed E-state index contributed by atoms with van der Waals surface area (Å²) in [4.78, 5) is 144. The van der Waals surface area contributed by atoms with Crippen LogP contribution in [0, 0.1) is 5.92 Å². The van der Waals surface area contributed by atoms with E-state index in [-0.39, 0.29) is 62.0 Å². The number of hydrogen-bond acceptors (Lipinski definition) is 17. The molecule has 30 heteroatoms. The molecule has 1 aromatic carbocycles. The monoisotopic (exact) mass is 1090 g/mol. The van der Waals surface area contributed by atoms with Crippen molar-refractivity contribution in [1.29, 1.82) is 0 Å². The van der Waals surface area contributed by atoms with Gasteiger partial charge in [-0.05, 0) is 44.1 Å². The van der Waals surface area contributed by atoms with Gasteiger partial charge in [-0.15, -0.1) is 0 Å². The molecule has 0 spiro atoms. The fourth-order valence-electron chi connectivity index (χ4n) is 6.94. The maximum absolute atomic E-state index is 14.3. The third-order valence-corrected chi connectivity index (χ3v) is 11.7. The number of rotatable bonds is 34. The highest BCUT2D eigenvalue weighted by molar-refractivity contribution is 7.80. The number of nitrogens with one attached hydrogen (secondary N) is 9. The molecule has 28 nitrogen and oxygen atoms in total. The summed E-state index contributed by atoms with van der Waals surface area (Å²) >= 11 is 7.92. The number of primary amides is 1. The number of aromatic nitrogens is 2. The van der Waals surface area contributed by atoms with Crippen LogP contribution in [0.15, 0.2) is 47.8 Å². The highest BCUT2D eigenvalue weighted by Gasteiger charge is 2.36. The molecule has 0 aliphatic carbocycles. The average Bonchev–Trinajstić information content (AvgIpc) is 3.87. The van der Waals surface area contributed by atoms with Crippen LogP contribution in [0.25, 0.3) is 0 Å². The van der Waals surface area contributed by atoms with Gasteiger partial charge in [-0.2, -0.15) is 25.3 Å². The largest absolute Gasteiger partial charge is 0.480 e. The van der Waals surface area contributed by atoms with Crippen molar-refractivity contribution >= 4 is 90.4 Å². The first-order chi connectivity index (χ1) is 35.4. The maximum atomic E-state index is 14.3. The standard InChI is InChI=1S/C45H71N15O13S2/c1-22(2)14-29(57-43(71)35(23(3)62)60-41(69)31(16-25-17-50-21-52-25)56-42(70)32(18-61)58-36(64)26(46)19-74)39(67)55-30(15-24-8-5-4-6-9-24)40(68)54-28(11-12-34(47)63)38(66)53-27(10-7-13-51-45(48)49)37(65)59-33(20-75)44(72)73/h4-6,8-9,17,21-23,26-33,35,61-62,74-75H,7,10-16,18-20,46H2,1-3H3,(H2,47,63)(H,50,52)(H,53,66)(H,54,68)(H,55,67)(H,56,70)(H,57,71)(H,58,64)(H,59,65)(H,60,69)(H,72,73)(H4,48,49,51)/t23-,26+,27+,28+,29+,30+,31+,32+,33+,35+/m1/s1. The highest BCUT2D eigenvalue weighted by Crippen LogP contribution is 2.12. The summed E-state index contributed by atoms with van der Waals surface area (Å²) in [6.45, 7) is 3.74. The van der Waals surface area contributed by atoms with E-state index in [1.807, 2.05) is 0 Å².